The summed E-state index contributed by atoms with van der Waals surface area (Å²) < 4.78 is 17.4. The highest BCUT2D eigenvalue weighted by Crippen LogP contribution is 2.27. The Kier molecular flexibility index (Phi) is 16.5. The van der Waals surface area contributed by atoms with E-state index in [0.29, 0.717) is 17.0 Å². The normalized spacial score (nSPS) is 15.2. The largest absolute Gasteiger partial charge is 0.488 e. The fourth-order valence-corrected chi connectivity index (χ4v) is 7.39. The van der Waals surface area contributed by atoms with Crippen molar-refractivity contribution in [1.29, 1.82) is 0 Å². The van der Waals surface area contributed by atoms with Crippen LogP contribution in [0.15, 0.2) is 108 Å². The van der Waals surface area contributed by atoms with E-state index >= 15 is 0 Å². The Morgan fingerprint density at radius 2 is 1.18 bits per heavy atom. The molecule has 4 aromatic carbocycles. The lowest BCUT2D eigenvalue weighted by atomic mass is 9.91. The molecular formula is C51H61N5O8S. The van der Waals surface area contributed by atoms with Crippen molar-refractivity contribution in [3.63, 3.8) is 0 Å². The van der Waals surface area contributed by atoms with Crippen molar-refractivity contribution in [2.24, 2.45) is 4.99 Å². The van der Waals surface area contributed by atoms with Gasteiger partial charge in [-0.05, 0) is 127 Å². The lowest BCUT2D eigenvalue weighted by Crippen LogP contribution is -2.61. The van der Waals surface area contributed by atoms with Crippen LogP contribution in [0, 0.1) is 0 Å². The van der Waals surface area contributed by atoms with Crippen molar-refractivity contribution >= 4 is 52.9 Å². The first-order valence-corrected chi connectivity index (χ1v) is 22.2. The molecule has 4 aromatic rings. The van der Waals surface area contributed by atoms with Crippen LogP contribution in [0.3, 0.4) is 0 Å². The molecule has 0 radical (unpaired) electrons. The van der Waals surface area contributed by atoms with Crippen LogP contribution in [-0.2, 0) is 60.9 Å². The number of nitrogens with zero attached hydrogens (tertiary/aromatic N) is 2. The van der Waals surface area contributed by atoms with Crippen LogP contribution in [-0.4, -0.2) is 80.8 Å². The van der Waals surface area contributed by atoms with Gasteiger partial charge in [-0.1, -0.05) is 78.9 Å². The van der Waals surface area contributed by atoms with Crippen LogP contribution in [0.25, 0.3) is 0 Å². The van der Waals surface area contributed by atoms with E-state index in [1.165, 1.54) is 4.90 Å². The Morgan fingerprint density at radius 3 is 1.77 bits per heavy atom. The topological polar surface area (TPSA) is 165 Å². The monoisotopic (exact) mass is 903 g/mol. The highest BCUT2D eigenvalue weighted by atomic mass is 32.1. The fraction of sp³-hybridized carbons (Fsp3) is 0.412. The molecule has 0 spiro atoms. The summed E-state index contributed by atoms with van der Waals surface area (Å²) in [5.41, 5.74) is 2.31. The number of hydrogen-bond acceptors (Lipinski definition) is 10. The third-order valence-electron chi connectivity index (χ3n) is 10.1. The lowest BCUT2D eigenvalue weighted by Gasteiger charge is -2.38. The molecule has 344 valence electrons. The predicted octanol–water partition coefficient (Wildman–Crippen LogP) is 7.78. The molecule has 1 heterocycles. The number of aliphatic imine (C=N–C) groups is 1. The number of alkyl carbamates (subject to hydrolysis) is 1. The van der Waals surface area contributed by atoms with Crippen LogP contribution in [0.5, 0.6) is 5.75 Å². The quantitative estimate of drug-likeness (QED) is 0.0614. The molecule has 5 rings (SSSR count). The zero-order valence-electron chi connectivity index (χ0n) is 38.7. The molecule has 1 aliphatic heterocycles. The molecule has 3 N–H and O–H groups in total. The Hall–Kier alpha value is -6.37. The van der Waals surface area contributed by atoms with E-state index in [-0.39, 0.29) is 32.2 Å². The maximum atomic E-state index is 15.0. The average Bonchev–Trinajstić information content (AvgIpc) is 3.22. The first-order chi connectivity index (χ1) is 30.6. The van der Waals surface area contributed by atoms with E-state index in [1.54, 1.807) is 77.9 Å². The zero-order valence-corrected chi connectivity index (χ0v) is 39.5. The van der Waals surface area contributed by atoms with Crippen molar-refractivity contribution in [3.8, 4) is 5.75 Å². The highest BCUT2D eigenvalue weighted by molar-refractivity contribution is 7.78. The smallest absolute Gasteiger partial charge is 0.408 e. The summed E-state index contributed by atoms with van der Waals surface area (Å²) in [4.78, 5) is 76.9. The second-order valence-electron chi connectivity index (χ2n) is 19.1. The van der Waals surface area contributed by atoms with Crippen LogP contribution >= 0.6 is 12.2 Å². The Bertz CT molecular complexity index is 2350. The number of rotatable bonds is 15. The van der Waals surface area contributed by atoms with Gasteiger partial charge in [-0.3, -0.25) is 14.4 Å². The van der Waals surface area contributed by atoms with Gasteiger partial charge in [-0.15, -0.1) is 0 Å². The number of carbonyl (C=O) groups excluding carboxylic acids is 5. The SMILES string of the molecule is CC(C)(C)OC(=O)N[C@@H](Cc1ccc(OC(C)(C)C)cc1)C(=O)N1Cc2ccccc2C[C@H]1C(=O)N[C@@H](Cc1ccc(N=C=S)cc1)C(=O)N[C@@H](Cc1ccccc1)C(=O)OC(C)(C)C. The summed E-state index contributed by atoms with van der Waals surface area (Å²) in [7, 11) is 0. The summed E-state index contributed by atoms with van der Waals surface area (Å²) in [6.45, 7) is 16.3. The molecule has 0 aliphatic carbocycles. The molecule has 0 unspecified atom stereocenters. The minimum Gasteiger partial charge on any atom is -0.488 e. The minimum atomic E-state index is -1.22. The highest BCUT2D eigenvalue weighted by Gasteiger charge is 2.40. The van der Waals surface area contributed by atoms with Gasteiger partial charge < -0.3 is 35.1 Å². The number of fused-ring (bicyclic) bond motifs is 1. The van der Waals surface area contributed by atoms with E-state index < -0.39 is 70.8 Å². The standard InChI is InChI=1S/C51H61N5O8S/c1-49(2,3)62-39-25-21-35(22-26-39)28-41(55-48(61)64-51(7,8)9)46(59)56-31-37-18-14-13-17-36(37)30-43(56)45(58)53-40(27-34-19-23-38(24-20-34)52-32-65)44(57)54-42(47(60)63-50(4,5)6)29-33-15-11-10-12-16-33/h10-26,40-43H,27-31H2,1-9H3,(H,53,58)(H,54,57)(H,55,61)/t40-,41-,42-,43-/m0/s1. The lowest BCUT2D eigenvalue weighted by molar-refractivity contribution is -0.158. The number of hydrogen-bond donors (Lipinski definition) is 3. The molecule has 1 aliphatic rings. The molecule has 14 heteroatoms. The Labute approximate surface area is 387 Å². The molecule has 4 atom stereocenters. The van der Waals surface area contributed by atoms with Gasteiger partial charge in [0.05, 0.1) is 10.8 Å². The second kappa shape index (κ2) is 21.5. The first kappa shape index (κ1) is 49.6. The molecule has 0 saturated carbocycles. The Balaban J connectivity index is 1.50. The molecule has 0 saturated heterocycles. The first-order valence-electron chi connectivity index (χ1n) is 21.7. The van der Waals surface area contributed by atoms with Gasteiger partial charge in [-0.25, -0.2) is 9.59 Å². The molecular weight excluding hydrogens is 843 g/mol. The summed E-state index contributed by atoms with van der Waals surface area (Å²) >= 11 is 4.77. The van der Waals surface area contributed by atoms with E-state index in [9.17, 15) is 24.0 Å². The van der Waals surface area contributed by atoms with E-state index in [1.807, 2.05) is 87.5 Å². The van der Waals surface area contributed by atoms with Crippen LogP contribution in [0.1, 0.15) is 90.1 Å². The van der Waals surface area contributed by atoms with Gasteiger partial charge in [0.15, 0.2) is 0 Å². The van der Waals surface area contributed by atoms with E-state index in [2.05, 4.69) is 26.1 Å². The van der Waals surface area contributed by atoms with Gasteiger partial charge in [0.2, 0.25) is 17.7 Å². The molecule has 65 heavy (non-hydrogen) atoms. The number of carbonyl (C=O) groups is 5. The Morgan fingerprint density at radius 1 is 0.646 bits per heavy atom. The molecule has 0 bridgehead atoms. The summed E-state index contributed by atoms with van der Waals surface area (Å²) in [6, 6.07) is 26.4. The number of ether oxygens (including phenoxy) is 3. The number of isothiocyanates is 1. The van der Waals surface area contributed by atoms with Crippen LogP contribution in [0.4, 0.5) is 10.5 Å². The summed E-state index contributed by atoms with van der Waals surface area (Å²) in [5.74, 6) is -1.76. The van der Waals surface area contributed by atoms with Crippen molar-refractivity contribution in [2.45, 2.75) is 136 Å². The fourth-order valence-electron chi connectivity index (χ4n) is 7.28. The van der Waals surface area contributed by atoms with Crippen LogP contribution < -0.4 is 20.7 Å². The maximum absolute atomic E-state index is 15.0. The van der Waals surface area contributed by atoms with E-state index in [0.717, 1.165) is 22.3 Å². The second-order valence-corrected chi connectivity index (χ2v) is 19.3. The van der Waals surface area contributed by atoms with Crippen molar-refractivity contribution in [2.75, 3.05) is 0 Å². The van der Waals surface area contributed by atoms with Crippen LogP contribution in [0.2, 0.25) is 0 Å². The van der Waals surface area contributed by atoms with Gasteiger partial charge >= 0.3 is 12.1 Å². The number of nitrogens with one attached hydrogen (secondary N) is 3. The third-order valence-corrected chi connectivity index (χ3v) is 10.2. The minimum absolute atomic E-state index is 0.0144. The van der Waals surface area contributed by atoms with Gasteiger partial charge in [0, 0.05) is 32.2 Å². The summed E-state index contributed by atoms with van der Waals surface area (Å²) in [6.07, 6.45) is -0.454. The molecule has 0 fully saturated rings. The van der Waals surface area contributed by atoms with Gasteiger partial charge in [0.25, 0.3) is 0 Å². The zero-order chi connectivity index (χ0) is 47.5. The number of esters is 1. The third kappa shape index (κ3) is 15.7. The predicted molar refractivity (Wildman–Crippen MR) is 253 cm³/mol. The number of amides is 4. The van der Waals surface area contributed by atoms with Gasteiger partial charge in [-0.2, -0.15) is 4.99 Å². The van der Waals surface area contributed by atoms with Crippen molar-refractivity contribution in [3.05, 3.63) is 131 Å². The number of thiocarbonyl (C=S) groups is 1. The van der Waals surface area contributed by atoms with Crippen molar-refractivity contribution < 1.29 is 38.2 Å². The number of benzene rings is 4. The molecule has 0 aromatic heterocycles. The maximum Gasteiger partial charge on any atom is 0.408 e. The average molecular weight is 904 g/mol. The van der Waals surface area contributed by atoms with E-state index in [4.69, 9.17) is 26.4 Å². The van der Waals surface area contributed by atoms with Crippen molar-refractivity contribution in [1.82, 2.24) is 20.9 Å². The summed E-state index contributed by atoms with van der Waals surface area (Å²) in [5, 5.41) is 11.0. The molecule has 4 amide bonds. The van der Waals surface area contributed by atoms with Gasteiger partial charge in [0.1, 0.15) is 46.7 Å². The molecule has 13 nitrogen and oxygen atoms in total.